The minimum Gasteiger partial charge on any atom is -0.346 e. The highest BCUT2D eigenvalue weighted by Gasteiger charge is 2.20. The first-order valence-electron chi connectivity index (χ1n) is 7.70. The third kappa shape index (κ3) is 4.27. The Morgan fingerprint density at radius 1 is 1.11 bits per heavy atom. The van der Waals surface area contributed by atoms with Gasteiger partial charge in [-0.1, -0.05) is 25.7 Å². The summed E-state index contributed by atoms with van der Waals surface area (Å²) in [6, 6.07) is 0. The predicted molar refractivity (Wildman–Crippen MR) is 74.4 cm³/mol. The summed E-state index contributed by atoms with van der Waals surface area (Å²) in [5, 5.41) is 3.35. The number of hydrogen-bond donors (Lipinski definition) is 1. The lowest BCUT2D eigenvalue weighted by Crippen LogP contribution is -2.34. The molecule has 0 bridgehead atoms. The van der Waals surface area contributed by atoms with Crippen molar-refractivity contribution in [1.82, 2.24) is 10.2 Å². The van der Waals surface area contributed by atoms with E-state index in [0.29, 0.717) is 11.8 Å². The molecule has 0 aromatic rings. The van der Waals surface area contributed by atoms with Crippen molar-refractivity contribution in [2.75, 3.05) is 26.7 Å². The van der Waals surface area contributed by atoms with Crippen LogP contribution in [0.3, 0.4) is 0 Å². The van der Waals surface area contributed by atoms with Crippen LogP contribution in [0.1, 0.15) is 51.4 Å². The van der Waals surface area contributed by atoms with E-state index in [2.05, 4.69) is 5.32 Å². The summed E-state index contributed by atoms with van der Waals surface area (Å²) < 4.78 is 0. The number of hydrogen-bond acceptors (Lipinski definition) is 2. The van der Waals surface area contributed by atoms with Gasteiger partial charge < -0.3 is 10.2 Å². The monoisotopic (exact) mass is 252 g/mol. The molecule has 1 saturated heterocycles. The highest BCUT2D eigenvalue weighted by atomic mass is 16.2. The normalized spacial score (nSPS) is 22.3. The number of piperidine rings is 1. The SMILES string of the molecule is CN(CCC1CCCC1)C(=O)CC1CCNCC1. The molecular weight excluding hydrogens is 224 g/mol. The quantitative estimate of drug-likeness (QED) is 0.815. The smallest absolute Gasteiger partial charge is 0.222 e. The lowest BCUT2D eigenvalue weighted by Gasteiger charge is -2.25. The lowest BCUT2D eigenvalue weighted by atomic mass is 9.94. The van der Waals surface area contributed by atoms with Gasteiger partial charge in [-0.15, -0.1) is 0 Å². The molecule has 1 amide bonds. The second kappa shape index (κ2) is 7.13. The molecule has 0 spiro atoms. The Balaban J connectivity index is 1.63. The van der Waals surface area contributed by atoms with Crippen molar-refractivity contribution in [3.05, 3.63) is 0 Å². The van der Waals surface area contributed by atoms with E-state index < -0.39 is 0 Å². The maximum atomic E-state index is 12.1. The number of amides is 1. The number of carbonyl (C=O) groups is 1. The molecule has 1 N–H and O–H groups in total. The molecule has 1 aliphatic heterocycles. The van der Waals surface area contributed by atoms with Crippen molar-refractivity contribution in [3.63, 3.8) is 0 Å². The van der Waals surface area contributed by atoms with Crippen LogP contribution in [0.15, 0.2) is 0 Å². The van der Waals surface area contributed by atoms with Gasteiger partial charge in [0.05, 0.1) is 0 Å². The predicted octanol–water partition coefficient (Wildman–Crippen LogP) is 2.41. The molecule has 0 aromatic carbocycles. The summed E-state index contributed by atoms with van der Waals surface area (Å²) in [6.45, 7) is 3.14. The summed E-state index contributed by atoms with van der Waals surface area (Å²) in [4.78, 5) is 14.1. The van der Waals surface area contributed by atoms with E-state index in [1.165, 1.54) is 44.9 Å². The van der Waals surface area contributed by atoms with Crippen LogP contribution in [0.25, 0.3) is 0 Å². The third-order valence-corrected chi connectivity index (χ3v) is 4.70. The zero-order chi connectivity index (χ0) is 12.8. The van der Waals surface area contributed by atoms with E-state index in [9.17, 15) is 4.79 Å². The van der Waals surface area contributed by atoms with Crippen LogP contribution in [0.5, 0.6) is 0 Å². The maximum absolute atomic E-state index is 12.1. The van der Waals surface area contributed by atoms with Crippen LogP contribution in [0, 0.1) is 11.8 Å². The Kier molecular flexibility index (Phi) is 5.48. The Morgan fingerprint density at radius 2 is 1.78 bits per heavy atom. The number of rotatable bonds is 5. The van der Waals surface area contributed by atoms with Crippen LogP contribution in [0.2, 0.25) is 0 Å². The van der Waals surface area contributed by atoms with Crippen LogP contribution >= 0.6 is 0 Å². The van der Waals surface area contributed by atoms with Crippen LogP contribution in [-0.4, -0.2) is 37.5 Å². The van der Waals surface area contributed by atoms with Crippen molar-refractivity contribution in [2.24, 2.45) is 11.8 Å². The van der Waals surface area contributed by atoms with Crippen molar-refractivity contribution in [3.8, 4) is 0 Å². The highest BCUT2D eigenvalue weighted by molar-refractivity contribution is 5.76. The molecule has 0 atom stereocenters. The van der Waals surface area contributed by atoms with Gasteiger partial charge in [0.25, 0.3) is 0 Å². The van der Waals surface area contributed by atoms with Gasteiger partial charge in [-0.05, 0) is 44.2 Å². The molecule has 0 radical (unpaired) electrons. The minimum absolute atomic E-state index is 0.361. The average Bonchev–Trinajstić information content (AvgIpc) is 2.90. The molecular formula is C15H28N2O. The molecule has 0 unspecified atom stereocenters. The van der Waals surface area contributed by atoms with Gasteiger partial charge in [0.2, 0.25) is 5.91 Å². The lowest BCUT2D eigenvalue weighted by molar-refractivity contribution is -0.131. The fourth-order valence-electron chi connectivity index (χ4n) is 3.29. The maximum Gasteiger partial charge on any atom is 0.222 e. The van der Waals surface area contributed by atoms with Gasteiger partial charge in [-0.3, -0.25) is 4.79 Å². The van der Waals surface area contributed by atoms with Gasteiger partial charge in [0.1, 0.15) is 0 Å². The second-order valence-corrected chi connectivity index (χ2v) is 6.15. The first-order chi connectivity index (χ1) is 8.75. The molecule has 1 saturated carbocycles. The van der Waals surface area contributed by atoms with Crippen LogP contribution in [0.4, 0.5) is 0 Å². The van der Waals surface area contributed by atoms with E-state index in [1.54, 1.807) is 0 Å². The number of nitrogens with zero attached hydrogens (tertiary/aromatic N) is 1. The van der Waals surface area contributed by atoms with Crippen molar-refractivity contribution >= 4 is 5.91 Å². The Bertz CT molecular complexity index is 255. The number of nitrogens with one attached hydrogen (secondary N) is 1. The van der Waals surface area contributed by atoms with Gasteiger partial charge in [0.15, 0.2) is 0 Å². The van der Waals surface area contributed by atoms with Gasteiger partial charge >= 0.3 is 0 Å². The molecule has 1 aliphatic carbocycles. The fourth-order valence-corrected chi connectivity index (χ4v) is 3.29. The van der Waals surface area contributed by atoms with Gasteiger partial charge in [0, 0.05) is 20.0 Å². The zero-order valence-corrected chi connectivity index (χ0v) is 11.8. The molecule has 1 heterocycles. The van der Waals surface area contributed by atoms with Crippen LogP contribution in [-0.2, 0) is 4.79 Å². The van der Waals surface area contributed by atoms with E-state index in [4.69, 9.17) is 0 Å². The Morgan fingerprint density at radius 3 is 2.44 bits per heavy atom. The largest absolute Gasteiger partial charge is 0.346 e. The minimum atomic E-state index is 0.361. The molecule has 3 heteroatoms. The van der Waals surface area contributed by atoms with Gasteiger partial charge in [-0.2, -0.15) is 0 Å². The van der Waals surface area contributed by atoms with Crippen molar-refractivity contribution < 1.29 is 4.79 Å². The standard InChI is InChI=1S/C15H28N2O/c1-17(11-8-13-4-2-3-5-13)15(18)12-14-6-9-16-10-7-14/h13-14,16H,2-12H2,1H3. The molecule has 18 heavy (non-hydrogen) atoms. The number of carbonyl (C=O) groups excluding carboxylic acids is 1. The average molecular weight is 252 g/mol. The topological polar surface area (TPSA) is 32.3 Å². The van der Waals surface area contributed by atoms with E-state index in [-0.39, 0.29) is 0 Å². The molecule has 2 rings (SSSR count). The van der Waals surface area contributed by atoms with Crippen molar-refractivity contribution in [2.45, 2.75) is 51.4 Å². The Hall–Kier alpha value is -0.570. The van der Waals surface area contributed by atoms with Crippen molar-refractivity contribution in [1.29, 1.82) is 0 Å². The second-order valence-electron chi connectivity index (χ2n) is 6.15. The zero-order valence-electron chi connectivity index (χ0n) is 11.8. The fraction of sp³-hybridized carbons (Fsp3) is 0.933. The first-order valence-corrected chi connectivity index (χ1v) is 7.70. The summed E-state index contributed by atoms with van der Waals surface area (Å²) in [6.07, 6.45) is 9.89. The highest BCUT2D eigenvalue weighted by Crippen LogP contribution is 2.27. The van der Waals surface area contributed by atoms with Crippen LogP contribution < -0.4 is 5.32 Å². The van der Waals surface area contributed by atoms with E-state index in [0.717, 1.165) is 32.0 Å². The molecule has 2 aliphatic rings. The molecule has 2 fully saturated rings. The summed E-state index contributed by atoms with van der Waals surface area (Å²) in [5.41, 5.74) is 0. The molecule has 104 valence electrons. The van der Waals surface area contributed by atoms with E-state index >= 15 is 0 Å². The van der Waals surface area contributed by atoms with Gasteiger partial charge in [-0.25, -0.2) is 0 Å². The third-order valence-electron chi connectivity index (χ3n) is 4.70. The summed E-state index contributed by atoms with van der Waals surface area (Å²) >= 11 is 0. The summed E-state index contributed by atoms with van der Waals surface area (Å²) in [7, 11) is 1.98. The molecule has 3 nitrogen and oxygen atoms in total. The molecule has 0 aromatic heterocycles. The first kappa shape index (κ1) is 13.9. The van der Waals surface area contributed by atoms with E-state index in [1.807, 2.05) is 11.9 Å². The summed E-state index contributed by atoms with van der Waals surface area (Å²) in [5.74, 6) is 1.87. The Labute approximate surface area is 111 Å².